The molecule has 0 saturated heterocycles. The minimum atomic E-state index is 0.0577. The van der Waals surface area contributed by atoms with E-state index in [1.54, 1.807) is 18.4 Å². The fourth-order valence-electron chi connectivity index (χ4n) is 2.59. The smallest absolute Gasteiger partial charge is 0.224 e. The van der Waals surface area contributed by atoms with Crippen molar-refractivity contribution in [1.82, 2.24) is 5.32 Å². The van der Waals surface area contributed by atoms with Crippen LogP contribution in [0.2, 0.25) is 0 Å². The van der Waals surface area contributed by atoms with Crippen molar-refractivity contribution in [1.29, 1.82) is 0 Å². The molecular weight excluding hydrogens is 282 g/mol. The van der Waals surface area contributed by atoms with Crippen LogP contribution in [-0.4, -0.2) is 19.6 Å². The molecule has 1 saturated carbocycles. The van der Waals surface area contributed by atoms with Gasteiger partial charge in [-0.2, -0.15) is 0 Å². The molecule has 21 heavy (non-hydrogen) atoms. The highest BCUT2D eigenvalue weighted by Gasteiger charge is 2.45. The first-order valence-electron chi connectivity index (χ1n) is 7.16. The topological polar surface area (TPSA) is 38.3 Å². The summed E-state index contributed by atoms with van der Waals surface area (Å²) in [5, 5.41) is 5.19. The zero-order valence-electron chi connectivity index (χ0n) is 12.1. The highest BCUT2D eigenvalue weighted by atomic mass is 32.1. The maximum Gasteiger partial charge on any atom is 0.224 e. The Balaban J connectivity index is 1.58. The van der Waals surface area contributed by atoms with Gasteiger partial charge in [0.05, 0.1) is 13.5 Å². The van der Waals surface area contributed by atoms with E-state index in [-0.39, 0.29) is 11.3 Å². The fourth-order valence-corrected chi connectivity index (χ4v) is 3.58. The number of benzene rings is 1. The zero-order valence-corrected chi connectivity index (χ0v) is 12.9. The summed E-state index contributed by atoms with van der Waals surface area (Å²) >= 11 is 1.78. The van der Waals surface area contributed by atoms with E-state index in [0.29, 0.717) is 6.42 Å². The highest BCUT2D eigenvalue weighted by Crippen LogP contribution is 2.49. The Morgan fingerprint density at radius 1 is 1.29 bits per heavy atom. The molecule has 1 N–H and O–H groups in total. The third-order valence-corrected chi connectivity index (χ3v) is 5.18. The predicted octanol–water partition coefficient (Wildman–Crippen LogP) is 3.15. The molecule has 0 atom stereocenters. The van der Waals surface area contributed by atoms with Gasteiger partial charge in [0.1, 0.15) is 5.75 Å². The van der Waals surface area contributed by atoms with Gasteiger partial charge in [0.2, 0.25) is 5.91 Å². The van der Waals surface area contributed by atoms with Crippen molar-refractivity contribution >= 4 is 17.2 Å². The summed E-state index contributed by atoms with van der Waals surface area (Å²) in [4.78, 5) is 13.6. The van der Waals surface area contributed by atoms with E-state index in [4.69, 9.17) is 4.74 Å². The minimum Gasteiger partial charge on any atom is -0.496 e. The molecule has 110 valence electrons. The second kappa shape index (κ2) is 5.90. The molecule has 0 bridgehead atoms. The molecular formula is C17H19NO2S. The number of carbonyl (C=O) groups excluding carboxylic acids is 1. The summed E-state index contributed by atoms with van der Waals surface area (Å²) in [5.74, 6) is 0.828. The molecule has 4 heteroatoms. The molecule has 1 amide bonds. The monoisotopic (exact) mass is 301 g/mol. The lowest BCUT2D eigenvalue weighted by Crippen LogP contribution is -2.32. The molecule has 0 radical (unpaired) electrons. The van der Waals surface area contributed by atoms with Crippen molar-refractivity contribution in [3.05, 3.63) is 52.2 Å². The number of hydrogen-bond acceptors (Lipinski definition) is 3. The van der Waals surface area contributed by atoms with Crippen LogP contribution in [0.3, 0.4) is 0 Å². The quantitative estimate of drug-likeness (QED) is 0.890. The van der Waals surface area contributed by atoms with Gasteiger partial charge >= 0.3 is 0 Å². The van der Waals surface area contributed by atoms with Crippen LogP contribution >= 0.6 is 11.3 Å². The SMILES string of the molecule is COc1ccccc1CC(=O)NCC1(c2cccs2)CC1. The Labute approximate surface area is 129 Å². The summed E-state index contributed by atoms with van der Waals surface area (Å²) in [7, 11) is 1.63. The van der Waals surface area contributed by atoms with Crippen LogP contribution in [0.5, 0.6) is 5.75 Å². The summed E-state index contributed by atoms with van der Waals surface area (Å²) in [6.07, 6.45) is 2.70. The Bertz CT molecular complexity index is 617. The number of thiophene rings is 1. The molecule has 1 heterocycles. The summed E-state index contributed by atoms with van der Waals surface area (Å²) in [6, 6.07) is 11.9. The van der Waals surface area contributed by atoms with Crippen molar-refractivity contribution in [2.75, 3.05) is 13.7 Å². The van der Waals surface area contributed by atoms with Gasteiger partial charge in [0.25, 0.3) is 0 Å². The lowest BCUT2D eigenvalue weighted by Gasteiger charge is -2.15. The molecule has 3 rings (SSSR count). The average molecular weight is 301 g/mol. The van der Waals surface area contributed by atoms with Crippen LogP contribution in [0.15, 0.2) is 41.8 Å². The number of methoxy groups -OCH3 is 1. The molecule has 1 aromatic carbocycles. The Kier molecular flexibility index (Phi) is 3.97. The molecule has 1 aliphatic rings. The van der Waals surface area contributed by atoms with Gasteiger partial charge < -0.3 is 10.1 Å². The number of carbonyl (C=O) groups is 1. The third kappa shape index (κ3) is 3.10. The van der Waals surface area contributed by atoms with Crippen molar-refractivity contribution < 1.29 is 9.53 Å². The zero-order chi connectivity index (χ0) is 14.7. The Morgan fingerprint density at radius 2 is 2.10 bits per heavy atom. The van der Waals surface area contributed by atoms with Crippen LogP contribution in [0.4, 0.5) is 0 Å². The van der Waals surface area contributed by atoms with Gasteiger partial charge in [-0.25, -0.2) is 0 Å². The van der Waals surface area contributed by atoms with E-state index in [9.17, 15) is 4.79 Å². The number of nitrogens with one attached hydrogen (secondary N) is 1. The van der Waals surface area contributed by atoms with Crippen LogP contribution in [0, 0.1) is 0 Å². The van der Waals surface area contributed by atoms with E-state index in [0.717, 1.165) is 17.9 Å². The van der Waals surface area contributed by atoms with Gasteiger partial charge in [-0.05, 0) is 30.4 Å². The first-order valence-corrected chi connectivity index (χ1v) is 8.04. The molecule has 3 nitrogen and oxygen atoms in total. The normalized spacial score (nSPS) is 15.5. The highest BCUT2D eigenvalue weighted by molar-refractivity contribution is 7.10. The molecule has 0 aliphatic heterocycles. The lowest BCUT2D eigenvalue weighted by molar-refractivity contribution is -0.120. The van der Waals surface area contributed by atoms with Gasteiger partial charge in [-0.1, -0.05) is 24.3 Å². The van der Waals surface area contributed by atoms with E-state index in [1.165, 1.54) is 17.7 Å². The average Bonchev–Trinajstić information content (AvgIpc) is 3.09. The van der Waals surface area contributed by atoms with E-state index < -0.39 is 0 Å². The number of rotatable bonds is 6. The molecule has 0 spiro atoms. The maximum absolute atomic E-state index is 12.2. The Hall–Kier alpha value is -1.81. The van der Waals surface area contributed by atoms with Crippen molar-refractivity contribution in [3.8, 4) is 5.75 Å². The van der Waals surface area contributed by atoms with Crippen LogP contribution < -0.4 is 10.1 Å². The molecule has 2 aromatic rings. The number of para-hydroxylation sites is 1. The lowest BCUT2D eigenvalue weighted by atomic mass is 10.0. The fraction of sp³-hybridized carbons (Fsp3) is 0.353. The molecule has 1 aliphatic carbocycles. The second-order valence-electron chi connectivity index (χ2n) is 5.52. The summed E-state index contributed by atoms with van der Waals surface area (Å²) < 4.78 is 5.28. The van der Waals surface area contributed by atoms with Crippen LogP contribution in [0.1, 0.15) is 23.3 Å². The van der Waals surface area contributed by atoms with Crippen molar-refractivity contribution in [2.45, 2.75) is 24.7 Å². The molecule has 1 fully saturated rings. The van der Waals surface area contributed by atoms with Crippen LogP contribution in [-0.2, 0) is 16.6 Å². The number of hydrogen-bond donors (Lipinski definition) is 1. The summed E-state index contributed by atoms with van der Waals surface area (Å²) in [5.41, 5.74) is 1.13. The Morgan fingerprint density at radius 3 is 2.76 bits per heavy atom. The van der Waals surface area contributed by atoms with Gasteiger partial charge in [0, 0.05) is 22.4 Å². The first-order chi connectivity index (χ1) is 10.2. The standard InChI is InChI=1S/C17H19NO2S/c1-20-14-6-3-2-5-13(14)11-16(19)18-12-17(8-9-17)15-7-4-10-21-15/h2-7,10H,8-9,11-12H2,1H3,(H,18,19). The van der Waals surface area contributed by atoms with Gasteiger partial charge in [-0.15, -0.1) is 11.3 Å². The second-order valence-corrected chi connectivity index (χ2v) is 6.47. The number of ether oxygens (including phenoxy) is 1. The maximum atomic E-state index is 12.2. The van der Waals surface area contributed by atoms with Crippen molar-refractivity contribution in [3.63, 3.8) is 0 Å². The van der Waals surface area contributed by atoms with Crippen molar-refractivity contribution in [2.24, 2.45) is 0 Å². The molecule has 1 aromatic heterocycles. The van der Waals surface area contributed by atoms with E-state index in [1.807, 2.05) is 24.3 Å². The third-order valence-electron chi connectivity index (χ3n) is 4.06. The minimum absolute atomic E-state index is 0.0577. The number of amides is 1. The first kappa shape index (κ1) is 14.1. The predicted molar refractivity (Wildman–Crippen MR) is 84.9 cm³/mol. The van der Waals surface area contributed by atoms with Gasteiger partial charge in [-0.3, -0.25) is 4.79 Å². The summed E-state index contributed by atoms with van der Waals surface area (Å²) in [6.45, 7) is 0.738. The largest absolute Gasteiger partial charge is 0.496 e. The molecule has 0 unspecified atom stereocenters. The van der Waals surface area contributed by atoms with E-state index in [2.05, 4.69) is 22.8 Å². The van der Waals surface area contributed by atoms with E-state index >= 15 is 0 Å². The van der Waals surface area contributed by atoms with Gasteiger partial charge in [0.15, 0.2) is 0 Å². The van der Waals surface area contributed by atoms with Crippen LogP contribution in [0.25, 0.3) is 0 Å².